The van der Waals surface area contributed by atoms with Gasteiger partial charge in [-0.05, 0) is 29.7 Å². The zero-order valence-corrected chi connectivity index (χ0v) is 15.9. The van der Waals surface area contributed by atoms with Crippen LogP contribution in [-0.2, 0) is 0 Å². The van der Waals surface area contributed by atoms with Crippen LogP contribution in [0.15, 0.2) is 91.6 Å². The van der Waals surface area contributed by atoms with E-state index in [1.165, 1.54) is 5.39 Å². The second-order valence-corrected chi connectivity index (χ2v) is 7.17. The van der Waals surface area contributed by atoms with Gasteiger partial charge in [-0.2, -0.15) is 0 Å². The van der Waals surface area contributed by atoms with Crippen LogP contribution in [0, 0.1) is 0 Å². The highest BCUT2D eigenvalue weighted by Crippen LogP contribution is 2.27. The fourth-order valence-corrected chi connectivity index (χ4v) is 3.68. The molecule has 0 fully saturated rings. The van der Waals surface area contributed by atoms with E-state index < -0.39 is 0 Å². The third-order valence-electron chi connectivity index (χ3n) is 5.27. The van der Waals surface area contributed by atoms with Gasteiger partial charge in [0.05, 0.1) is 34.1 Å². The fourth-order valence-electron chi connectivity index (χ4n) is 3.68. The molecule has 3 aromatic heterocycles. The Labute approximate surface area is 172 Å². The maximum absolute atomic E-state index is 4.87. The molecule has 0 amide bonds. The van der Waals surface area contributed by atoms with E-state index in [-0.39, 0.29) is 0 Å². The average Bonchev–Trinajstić information content (AvgIpc) is 2.82. The second kappa shape index (κ2) is 6.67. The molecular formula is C25H15N5. The number of hydrogen-bond acceptors (Lipinski definition) is 5. The zero-order chi connectivity index (χ0) is 19.9. The topological polar surface area (TPSA) is 64.5 Å². The zero-order valence-electron chi connectivity index (χ0n) is 15.9. The highest BCUT2D eigenvalue weighted by atomic mass is 14.8. The van der Waals surface area contributed by atoms with Gasteiger partial charge in [-0.1, -0.05) is 42.5 Å². The standard InChI is InChI=1S/C25H15N5/c1-2-4-19-13-27-22(9-16(19)3-1)17-7-8-21-24(11-17)30-25(14-28-21)18-5-6-20-12-26-15-29-23(20)10-18/h1-15H. The maximum atomic E-state index is 4.87. The van der Waals surface area contributed by atoms with Crippen molar-refractivity contribution in [3.63, 3.8) is 0 Å². The molecule has 0 saturated heterocycles. The lowest BCUT2D eigenvalue weighted by molar-refractivity contribution is 1.22. The Kier molecular flexibility index (Phi) is 3.71. The van der Waals surface area contributed by atoms with Gasteiger partial charge in [-0.3, -0.25) is 9.97 Å². The van der Waals surface area contributed by atoms with Crippen LogP contribution < -0.4 is 0 Å². The van der Waals surface area contributed by atoms with Crippen LogP contribution >= 0.6 is 0 Å². The SMILES string of the molecule is c1ccc2cc(-c3ccc4ncc(-c5ccc6cncnc6c5)nc4c3)ncc2c1. The Morgan fingerprint density at radius 2 is 1.33 bits per heavy atom. The van der Waals surface area contributed by atoms with Crippen molar-refractivity contribution in [1.29, 1.82) is 0 Å². The van der Waals surface area contributed by atoms with Crippen molar-refractivity contribution in [2.45, 2.75) is 0 Å². The minimum Gasteiger partial charge on any atom is -0.256 e. The summed E-state index contributed by atoms with van der Waals surface area (Å²) in [6.07, 6.45) is 7.08. The molecule has 0 aliphatic heterocycles. The quantitative estimate of drug-likeness (QED) is 0.396. The number of pyridine rings is 1. The molecule has 30 heavy (non-hydrogen) atoms. The van der Waals surface area contributed by atoms with Gasteiger partial charge in [0.2, 0.25) is 0 Å². The average molecular weight is 385 g/mol. The van der Waals surface area contributed by atoms with Gasteiger partial charge < -0.3 is 0 Å². The summed E-state index contributed by atoms with van der Waals surface area (Å²) in [7, 11) is 0. The van der Waals surface area contributed by atoms with Crippen molar-refractivity contribution in [2.24, 2.45) is 0 Å². The Morgan fingerprint density at radius 1 is 0.500 bits per heavy atom. The molecule has 3 aromatic carbocycles. The first-order chi connectivity index (χ1) is 14.8. The molecule has 0 unspecified atom stereocenters. The molecule has 5 nitrogen and oxygen atoms in total. The molecule has 0 saturated carbocycles. The summed E-state index contributed by atoms with van der Waals surface area (Å²) in [5, 5.41) is 3.30. The van der Waals surface area contributed by atoms with Gasteiger partial charge in [-0.25, -0.2) is 15.0 Å². The summed E-state index contributed by atoms with van der Waals surface area (Å²) in [6, 6.07) is 22.5. The predicted octanol–water partition coefficient (Wildman–Crippen LogP) is 5.46. The molecule has 140 valence electrons. The fraction of sp³-hybridized carbons (Fsp3) is 0. The van der Waals surface area contributed by atoms with Gasteiger partial charge in [0.25, 0.3) is 0 Å². The second-order valence-electron chi connectivity index (χ2n) is 7.17. The monoisotopic (exact) mass is 385 g/mol. The molecular weight excluding hydrogens is 370 g/mol. The summed E-state index contributed by atoms with van der Waals surface area (Å²) in [4.78, 5) is 22.5. The third-order valence-corrected chi connectivity index (χ3v) is 5.27. The summed E-state index contributed by atoms with van der Waals surface area (Å²) in [6.45, 7) is 0. The number of aromatic nitrogens is 5. The minimum absolute atomic E-state index is 0.812. The van der Waals surface area contributed by atoms with Crippen molar-refractivity contribution < 1.29 is 0 Å². The van der Waals surface area contributed by atoms with E-state index >= 15 is 0 Å². The molecule has 6 aromatic rings. The van der Waals surface area contributed by atoms with Crippen LogP contribution in [0.2, 0.25) is 0 Å². The number of hydrogen-bond donors (Lipinski definition) is 0. The van der Waals surface area contributed by atoms with E-state index in [4.69, 9.17) is 4.98 Å². The first kappa shape index (κ1) is 16.7. The number of nitrogens with zero attached hydrogens (tertiary/aromatic N) is 5. The van der Waals surface area contributed by atoms with Crippen molar-refractivity contribution in [3.8, 4) is 22.5 Å². The summed E-state index contributed by atoms with van der Waals surface area (Å²) < 4.78 is 0. The molecule has 0 radical (unpaired) electrons. The largest absolute Gasteiger partial charge is 0.256 e. The molecule has 0 spiro atoms. The van der Waals surface area contributed by atoms with E-state index in [0.29, 0.717) is 0 Å². The minimum atomic E-state index is 0.812. The van der Waals surface area contributed by atoms with Crippen molar-refractivity contribution in [1.82, 2.24) is 24.9 Å². The van der Waals surface area contributed by atoms with Crippen LogP contribution in [0.3, 0.4) is 0 Å². The number of benzene rings is 3. The van der Waals surface area contributed by atoms with Crippen LogP contribution in [0.1, 0.15) is 0 Å². The lowest BCUT2D eigenvalue weighted by Crippen LogP contribution is -1.91. The molecule has 5 heteroatoms. The van der Waals surface area contributed by atoms with E-state index in [1.54, 1.807) is 18.7 Å². The molecule has 0 aliphatic carbocycles. The Hall–Kier alpha value is -4.25. The third kappa shape index (κ3) is 2.84. The van der Waals surface area contributed by atoms with Crippen LogP contribution in [0.4, 0.5) is 0 Å². The van der Waals surface area contributed by atoms with E-state index in [0.717, 1.165) is 49.8 Å². The van der Waals surface area contributed by atoms with Crippen LogP contribution in [0.25, 0.3) is 55.2 Å². The van der Waals surface area contributed by atoms with Crippen molar-refractivity contribution in [3.05, 3.63) is 91.6 Å². The van der Waals surface area contributed by atoms with Gasteiger partial charge in [-0.15, -0.1) is 0 Å². The van der Waals surface area contributed by atoms with E-state index in [1.807, 2.05) is 54.7 Å². The lowest BCUT2D eigenvalue weighted by atomic mass is 10.1. The number of rotatable bonds is 2. The van der Waals surface area contributed by atoms with Crippen molar-refractivity contribution in [2.75, 3.05) is 0 Å². The maximum Gasteiger partial charge on any atom is 0.116 e. The normalized spacial score (nSPS) is 11.3. The highest BCUT2D eigenvalue weighted by Gasteiger charge is 2.08. The number of fused-ring (bicyclic) bond motifs is 3. The molecule has 0 bridgehead atoms. The Morgan fingerprint density at radius 3 is 2.30 bits per heavy atom. The predicted molar refractivity (Wildman–Crippen MR) is 119 cm³/mol. The molecule has 6 rings (SSSR count). The molecule has 0 N–H and O–H groups in total. The van der Waals surface area contributed by atoms with E-state index in [2.05, 4.69) is 38.1 Å². The molecule has 0 atom stereocenters. The van der Waals surface area contributed by atoms with Crippen LogP contribution in [-0.4, -0.2) is 24.9 Å². The smallest absolute Gasteiger partial charge is 0.116 e. The molecule has 3 heterocycles. The first-order valence-electron chi connectivity index (χ1n) is 9.66. The lowest BCUT2D eigenvalue weighted by Gasteiger charge is -2.07. The Balaban J connectivity index is 1.46. The Bertz CT molecular complexity index is 1440. The van der Waals surface area contributed by atoms with Gasteiger partial charge in [0, 0.05) is 34.3 Å². The first-order valence-corrected chi connectivity index (χ1v) is 9.66. The highest BCUT2D eigenvalue weighted by molar-refractivity contribution is 5.88. The van der Waals surface area contributed by atoms with Crippen molar-refractivity contribution >= 4 is 32.7 Å². The van der Waals surface area contributed by atoms with Gasteiger partial charge >= 0.3 is 0 Å². The van der Waals surface area contributed by atoms with Gasteiger partial charge in [0.15, 0.2) is 0 Å². The summed E-state index contributed by atoms with van der Waals surface area (Å²) in [5.74, 6) is 0. The van der Waals surface area contributed by atoms with E-state index in [9.17, 15) is 0 Å². The van der Waals surface area contributed by atoms with Gasteiger partial charge in [0.1, 0.15) is 6.33 Å². The summed E-state index contributed by atoms with van der Waals surface area (Å²) in [5.41, 5.74) is 6.31. The summed E-state index contributed by atoms with van der Waals surface area (Å²) >= 11 is 0. The van der Waals surface area contributed by atoms with Crippen LogP contribution in [0.5, 0.6) is 0 Å². The molecule has 0 aliphatic rings.